The first-order chi connectivity index (χ1) is 11.0. The number of carbonyl (C=O) groups excluding carboxylic acids is 1. The van der Waals surface area contributed by atoms with E-state index in [2.05, 4.69) is 15.5 Å². The molecule has 0 saturated heterocycles. The molecule has 8 heteroatoms. The van der Waals surface area contributed by atoms with Crippen LogP contribution in [0.3, 0.4) is 0 Å². The van der Waals surface area contributed by atoms with Crippen molar-refractivity contribution in [2.75, 3.05) is 19.5 Å². The molecule has 0 aliphatic heterocycles. The average Bonchev–Trinajstić information content (AvgIpc) is 3.08. The molecule has 0 saturated carbocycles. The highest BCUT2D eigenvalue weighted by atomic mass is 32.1. The molecule has 120 valence electrons. The molecule has 7 nitrogen and oxygen atoms in total. The molecule has 0 atom stereocenters. The number of carbonyl (C=O) groups is 1. The molecule has 0 aliphatic carbocycles. The van der Waals surface area contributed by atoms with Gasteiger partial charge in [-0.1, -0.05) is 11.3 Å². The summed E-state index contributed by atoms with van der Waals surface area (Å²) in [6.45, 7) is 3.74. The molecule has 0 radical (unpaired) electrons. The van der Waals surface area contributed by atoms with Crippen molar-refractivity contribution in [1.82, 2.24) is 14.6 Å². The molecule has 0 unspecified atom stereocenters. The van der Waals surface area contributed by atoms with Crippen LogP contribution in [0.5, 0.6) is 11.5 Å². The molecular formula is C15H16N4O3S. The van der Waals surface area contributed by atoms with E-state index in [0.29, 0.717) is 27.0 Å². The first-order valence-corrected chi connectivity index (χ1v) is 7.71. The third-order valence-electron chi connectivity index (χ3n) is 3.50. The number of aromatic nitrogens is 3. The highest BCUT2D eigenvalue weighted by Gasteiger charge is 2.19. The predicted octanol–water partition coefficient (Wildman–Crippen LogP) is 2.68. The zero-order valence-corrected chi connectivity index (χ0v) is 14.0. The number of nitrogens with one attached hydrogen (secondary N) is 1. The zero-order chi connectivity index (χ0) is 16.6. The van der Waals surface area contributed by atoms with Gasteiger partial charge in [-0.3, -0.25) is 9.20 Å². The predicted molar refractivity (Wildman–Crippen MR) is 87.8 cm³/mol. The quantitative estimate of drug-likeness (QED) is 0.795. The summed E-state index contributed by atoms with van der Waals surface area (Å²) in [6.07, 6.45) is 0. The summed E-state index contributed by atoms with van der Waals surface area (Å²) in [7, 11) is 3.12. The monoisotopic (exact) mass is 332 g/mol. The lowest BCUT2D eigenvalue weighted by Crippen LogP contribution is -2.12. The van der Waals surface area contributed by atoms with E-state index in [0.717, 1.165) is 11.5 Å². The minimum absolute atomic E-state index is 0.190. The number of fused-ring (bicyclic) bond motifs is 1. The van der Waals surface area contributed by atoms with Gasteiger partial charge in [0.05, 0.1) is 14.2 Å². The molecule has 23 heavy (non-hydrogen) atoms. The van der Waals surface area contributed by atoms with Crippen molar-refractivity contribution < 1.29 is 14.3 Å². The highest BCUT2D eigenvalue weighted by molar-refractivity contribution is 7.19. The van der Waals surface area contributed by atoms with Gasteiger partial charge in [0, 0.05) is 17.4 Å². The van der Waals surface area contributed by atoms with Crippen molar-refractivity contribution in [1.29, 1.82) is 0 Å². The highest BCUT2D eigenvalue weighted by Crippen LogP contribution is 2.30. The molecule has 1 amide bonds. The molecule has 0 fully saturated rings. The number of thiazole rings is 1. The third kappa shape index (κ3) is 2.61. The standard InChI is InChI=1S/C15H16N4O3S/c1-8-13(23-15-18-17-9(2)19(8)15)14(20)16-10-5-6-11(21-3)12(7-10)22-4/h5-7H,1-4H3,(H,16,20). The van der Waals surface area contributed by atoms with E-state index in [-0.39, 0.29) is 5.91 Å². The van der Waals surface area contributed by atoms with Crippen LogP contribution < -0.4 is 14.8 Å². The SMILES string of the molecule is COc1ccc(NC(=O)c2sc3nnc(C)n3c2C)cc1OC. The Balaban J connectivity index is 1.90. The van der Waals surface area contributed by atoms with Gasteiger partial charge < -0.3 is 14.8 Å². The van der Waals surface area contributed by atoms with E-state index in [1.807, 2.05) is 18.2 Å². The second kappa shape index (κ2) is 5.88. The summed E-state index contributed by atoms with van der Waals surface area (Å²) < 4.78 is 12.3. The lowest BCUT2D eigenvalue weighted by molar-refractivity contribution is 0.102. The first kappa shape index (κ1) is 15.3. The van der Waals surface area contributed by atoms with Crippen LogP contribution in [-0.2, 0) is 0 Å². The van der Waals surface area contributed by atoms with Gasteiger partial charge in [-0.2, -0.15) is 0 Å². The fourth-order valence-corrected chi connectivity index (χ4v) is 3.38. The summed E-state index contributed by atoms with van der Waals surface area (Å²) in [5, 5.41) is 10.9. The van der Waals surface area contributed by atoms with Crippen molar-refractivity contribution in [3.63, 3.8) is 0 Å². The van der Waals surface area contributed by atoms with Gasteiger partial charge in [-0.05, 0) is 26.0 Å². The molecule has 2 aromatic heterocycles. The van der Waals surface area contributed by atoms with Gasteiger partial charge in [0.1, 0.15) is 10.7 Å². The van der Waals surface area contributed by atoms with E-state index in [1.165, 1.54) is 11.3 Å². The minimum atomic E-state index is -0.190. The third-order valence-corrected chi connectivity index (χ3v) is 4.63. The topological polar surface area (TPSA) is 77.8 Å². The van der Waals surface area contributed by atoms with E-state index in [1.54, 1.807) is 32.4 Å². The van der Waals surface area contributed by atoms with Crippen LogP contribution in [0, 0.1) is 13.8 Å². The number of hydrogen-bond donors (Lipinski definition) is 1. The van der Waals surface area contributed by atoms with E-state index >= 15 is 0 Å². The van der Waals surface area contributed by atoms with Gasteiger partial charge >= 0.3 is 0 Å². The average molecular weight is 332 g/mol. The Labute approximate surface area is 136 Å². The lowest BCUT2D eigenvalue weighted by atomic mass is 10.2. The molecular weight excluding hydrogens is 316 g/mol. The summed E-state index contributed by atoms with van der Waals surface area (Å²) >= 11 is 1.31. The van der Waals surface area contributed by atoms with Crippen LogP contribution in [-0.4, -0.2) is 34.7 Å². The van der Waals surface area contributed by atoms with Crippen LogP contribution in [0.25, 0.3) is 4.96 Å². The Bertz CT molecular complexity index is 884. The second-order valence-corrected chi connectivity index (χ2v) is 5.88. The Morgan fingerprint density at radius 1 is 1.17 bits per heavy atom. The van der Waals surface area contributed by atoms with Gasteiger partial charge in [-0.15, -0.1) is 10.2 Å². The molecule has 3 rings (SSSR count). The maximum Gasteiger partial charge on any atom is 0.267 e. The number of benzene rings is 1. The fraction of sp³-hybridized carbons (Fsp3) is 0.267. The number of amides is 1. The number of hydrogen-bond acceptors (Lipinski definition) is 6. The maximum absolute atomic E-state index is 12.5. The van der Waals surface area contributed by atoms with Crippen LogP contribution in [0.2, 0.25) is 0 Å². The summed E-state index contributed by atoms with van der Waals surface area (Å²) in [5.41, 5.74) is 1.46. The van der Waals surface area contributed by atoms with E-state index < -0.39 is 0 Å². The number of aryl methyl sites for hydroxylation is 2. The molecule has 0 spiro atoms. The normalized spacial score (nSPS) is 10.8. The van der Waals surface area contributed by atoms with Crippen LogP contribution in [0.1, 0.15) is 21.2 Å². The zero-order valence-electron chi connectivity index (χ0n) is 13.2. The Morgan fingerprint density at radius 3 is 2.57 bits per heavy atom. The van der Waals surface area contributed by atoms with Gasteiger partial charge in [0.15, 0.2) is 11.5 Å². The van der Waals surface area contributed by atoms with Crippen molar-refractivity contribution in [3.05, 3.63) is 34.6 Å². The Morgan fingerprint density at radius 2 is 1.91 bits per heavy atom. The number of nitrogens with zero attached hydrogens (tertiary/aromatic N) is 3. The molecule has 0 aliphatic rings. The van der Waals surface area contributed by atoms with Crippen molar-refractivity contribution >= 4 is 27.9 Å². The van der Waals surface area contributed by atoms with Crippen LogP contribution >= 0.6 is 11.3 Å². The fourth-order valence-electron chi connectivity index (χ4n) is 2.37. The Kier molecular flexibility index (Phi) is 3.91. The lowest BCUT2D eigenvalue weighted by Gasteiger charge is -2.10. The molecule has 2 heterocycles. The van der Waals surface area contributed by atoms with Crippen LogP contribution in [0.15, 0.2) is 18.2 Å². The van der Waals surface area contributed by atoms with Crippen molar-refractivity contribution in [3.8, 4) is 11.5 Å². The summed E-state index contributed by atoms with van der Waals surface area (Å²) in [4.78, 5) is 13.8. The van der Waals surface area contributed by atoms with Gasteiger partial charge in [0.25, 0.3) is 5.91 Å². The first-order valence-electron chi connectivity index (χ1n) is 6.89. The minimum Gasteiger partial charge on any atom is -0.493 e. The van der Waals surface area contributed by atoms with E-state index in [9.17, 15) is 4.79 Å². The van der Waals surface area contributed by atoms with Crippen molar-refractivity contribution in [2.24, 2.45) is 0 Å². The number of ether oxygens (including phenoxy) is 2. The number of methoxy groups -OCH3 is 2. The van der Waals surface area contributed by atoms with Gasteiger partial charge in [0.2, 0.25) is 4.96 Å². The number of rotatable bonds is 4. The Hall–Kier alpha value is -2.61. The maximum atomic E-state index is 12.5. The smallest absolute Gasteiger partial charge is 0.267 e. The number of anilines is 1. The molecule has 0 bridgehead atoms. The van der Waals surface area contributed by atoms with Crippen molar-refractivity contribution in [2.45, 2.75) is 13.8 Å². The van der Waals surface area contributed by atoms with Crippen LogP contribution in [0.4, 0.5) is 5.69 Å². The largest absolute Gasteiger partial charge is 0.493 e. The molecule has 1 aromatic carbocycles. The molecule has 3 aromatic rings. The van der Waals surface area contributed by atoms with E-state index in [4.69, 9.17) is 9.47 Å². The van der Waals surface area contributed by atoms with Gasteiger partial charge in [-0.25, -0.2) is 0 Å². The summed E-state index contributed by atoms with van der Waals surface area (Å²) in [6, 6.07) is 5.23. The molecule has 1 N–H and O–H groups in total. The summed E-state index contributed by atoms with van der Waals surface area (Å²) in [5.74, 6) is 1.74. The second-order valence-electron chi connectivity index (χ2n) is 4.91.